The van der Waals surface area contributed by atoms with E-state index in [2.05, 4.69) is 20.3 Å². The van der Waals surface area contributed by atoms with Gasteiger partial charge in [0.1, 0.15) is 17.8 Å². The van der Waals surface area contributed by atoms with Crippen LogP contribution in [0, 0.1) is 5.82 Å². The molecule has 0 radical (unpaired) electrons. The molecule has 0 atom stereocenters. The molecule has 4 nitrogen and oxygen atoms in total. The Labute approximate surface area is 103 Å². The molecule has 2 N–H and O–H groups in total. The topological polar surface area (TPSA) is 53.6 Å². The van der Waals surface area contributed by atoms with E-state index in [1.54, 1.807) is 0 Å². The van der Waals surface area contributed by atoms with Crippen LogP contribution in [0.1, 0.15) is 5.56 Å². The molecule has 0 bridgehead atoms. The number of fused-ring (bicyclic) bond motifs is 1. The zero-order valence-corrected chi connectivity index (χ0v) is 9.52. The van der Waals surface area contributed by atoms with Gasteiger partial charge in [0.15, 0.2) is 5.82 Å². The van der Waals surface area contributed by atoms with E-state index in [1.807, 2.05) is 30.3 Å². The number of aromatic amines is 1. The van der Waals surface area contributed by atoms with Gasteiger partial charge in [-0.2, -0.15) is 0 Å². The fourth-order valence-electron chi connectivity index (χ4n) is 1.84. The van der Waals surface area contributed by atoms with Gasteiger partial charge in [0.05, 0.1) is 5.39 Å². The van der Waals surface area contributed by atoms with E-state index in [0.717, 1.165) is 5.56 Å². The van der Waals surface area contributed by atoms with E-state index in [9.17, 15) is 4.39 Å². The summed E-state index contributed by atoms with van der Waals surface area (Å²) in [4.78, 5) is 10.8. The number of hydrogen-bond acceptors (Lipinski definition) is 3. The Balaban J connectivity index is 1.89. The first-order valence-corrected chi connectivity index (χ1v) is 5.60. The molecular formula is C13H11FN4. The fraction of sp³-hybridized carbons (Fsp3) is 0.0769. The molecule has 0 amide bonds. The lowest BCUT2D eigenvalue weighted by Gasteiger charge is -2.06. The molecule has 18 heavy (non-hydrogen) atoms. The first-order chi connectivity index (χ1) is 8.84. The number of hydrogen-bond donors (Lipinski definition) is 2. The molecule has 1 aromatic carbocycles. The Morgan fingerprint density at radius 3 is 2.83 bits per heavy atom. The SMILES string of the molecule is Fc1c[nH]c2ncnc(NCc3ccccc3)c12. The molecule has 0 aliphatic carbocycles. The van der Waals surface area contributed by atoms with Crippen LogP contribution in [0.4, 0.5) is 10.2 Å². The number of benzene rings is 1. The summed E-state index contributed by atoms with van der Waals surface area (Å²) in [7, 11) is 0. The van der Waals surface area contributed by atoms with Crippen LogP contribution in [0.2, 0.25) is 0 Å². The zero-order valence-electron chi connectivity index (χ0n) is 9.52. The van der Waals surface area contributed by atoms with Gasteiger partial charge in [0.25, 0.3) is 0 Å². The minimum atomic E-state index is -0.346. The second-order valence-electron chi connectivity index (χ2n) is 3.92. The summed E-state index contributed by atoms with van der Waals surface area (Å²) in [5, 5.41) is 3.52. The highest BCUT2D eigenvalue weighted by Gasteiger charge is 2.10. The van der Waals surface area contributed by atoms with E-state index in [4.69, 9.17) is 0 Å². The van der Waals surface area contributed by atoms with Crippen molar-refractivity contribution in [3.05, 3.63) is 54.2 Å². The molecular weight excluding hydrogens is 231 g/mol. The Hall–Kier alpha value is -2.43. The smallest absolute Gasteiger partial charge is 0.153 e. The maximum Gasteiger partial charge on any atom is 0.153 e. The maximum atomic E-state index is 13.6. The van der Waals surface area contributed by atoms with Crippen molar-refractivity contribution in [3.63, 3.8) is 0 Å². The average molecular weight is 242 g/mol. The van der Waals surface area contributed by atoms with E-state index in [1.165, 1.54) is 12.5 Å². The summed E-state index contributed by atoms with van der Waals surface area (Å²) in [5.41, 5.74) is 1.61. The minimum Gasteiger partial charge on any atom is -0.365 e. The summed E-state index contributed by atoms with van der Waals surface area (Å²) in [6.07, 6.45) is 2.69. The summed E-state index contributed by atoms with van der Waals surface area (Å²) >= 11 is 0. The van der Waals surface area contributed by atoms with Crippen LogP contribution in [-0.2, 0) is 6.54 Å². The lowest BCUT2D eigenvalue weighted by atomic mass is 10.2. The molecule has 0 aliphatic heterocycles. The van der Waals surface area contributed by atoms with E-state index in [-0.39, 0.29) is 5.82 Å². The van der Waals surface area contributed by atoms with Crippen LogP contribution < -0.4 is 5.32 Å². The van der Waals surface area contributed by atoms with E-state index in [0.29, 0.717) is 23.4 Å². The van der Waals surface area contributed by atoms with Gasteiger partial charge in [-0.1, -0.05) is 30.3 Å². The molecule has 2 aromatic heterocycles. The number of H-pyrrole nitrogens is 1. The fourth-order valence-corrected chi connectivity index (χ4v) is 1.84. The van der Waals surface area contributed by atoms with E-state index < -0.39 is 0 Å². The van der Waals surface area contributed by atoms with Crippen LogP contribution in [0.3, 0.4) is 0 Å². The molecule has 0 aliphatic rings. The second kappa shape index (κ2) is 4.44. The monoisotopic (exact) mass is 242 g/mol. The molecule has 0 saturated heterocycles. The third kappa shape index (κ3) is 1.90. The molecule has 2 heterocycles. The van der Waals surface area contributed by atoms with Gasteiger partial charge >= 0.3 is 0 Å². The zero-order chi connectivity index (χ0) is 12.4. The summed E-state index contributed by atoms with van der Waals surface area (Å²) < 4.78 is 13.6. The highest BCUT2D eigenvalue weighted by Crippen LogP contribution is 2.21. The van der Waals surface area contributed by atoms with Gasteiger partial charge in [-0.05, 0) is 5.56 Å². The lowest BCUT2D eigenvalue weighted by molar-refractivity contribution is 0.639. The predicted octanol–water partition coefficient (Wildman–Crippen LogP) is 2.71. The van der Waals surface area contributed by atoms with Gasteiger partial charge in [0, 0.05) is 12.7 Å². The molecule has 0 unspecified atom stereocenters. The van der Waals surface area contributed by atoms with Crippen molar-refractivity contribution >= 4 is 16.9 Å². The second-order valence-corrected chi connectivity index (χ2v) is 3.92. The number of aromatic nitrogens is 3. The summed E-state index contributed by atoms with van der Waals surface area (Å²) in [5.74, 6) is 0.156. The molecule has 5 heteroatoms. The van der Waals surface area contributed by atoms with Crippen LogP contribution in [0.5, 0.6) is 0 Å². The highest BCUT2D eigenvalue weighted by molar-refractivity contribution is 5.87. The van der Waals surface area contributed by atoms with Gasteiger partial charge in [-0.15, -0.1) is 0 Å². The lowest BCUT2D eigenvalue weighted by Crippen LogP contribution is -2.02. The van der Waals surface area contributed by atoms with Crippen LogP contribution in [0.25, 0.3) is 11.0 Å². The molecule has 0 fully saturated rings. The van der Waals surface area contributed by atoms with Crippen LogP contribution in [0.15, 0.2) is 42.9 Å². The first-order valence-electron chi connectivity index (χ1n) is 5.60. The van der Waals surface area contributed by atoms with Crippen molar-refractivity contribution in [2.75, 3.05) is 5.32 Å². The summed E-state index contributed by atoms with van der Waals surface area (Å²) in [6.45, 7) is 0.595. The van der Waals surface area contributed by atoms with Gasteiger partial charge in [0.2, 0.25) is 0 Å². The molecule has 0 saturated carbocycles. The molecule has 3 aromatic rings. The van der Waals surface area contributed by atoms with Gasteiger partial charge < -0.3 is 10.3 Å². The molecule has 3 rings (SSSR count). The predicted molar refractivity (Wildman–Crippen MR) is 67.6 cm³/mol. The first kappa shape index (κ1) is 10.7. The number of rotatable bonds is 3. The van der Waals surface area contributed by atoms with Crippen molar-refractivity contribution < 1.29 is 4.39 Å². The highest BCUT2D eigenvalue weighted by atomic mass is 19.1. The minimum absolute atomic E-state index is 0.346. The summed E-state index contributed by atoms with van der Waals surface area (Å²) in [6, 6.07) is 9.88. The normalized spacial score (nSPS) is 10.7. The third-order valence-electron chi connectivity index (χ3n) is 2.72. The maximum absolute atomic E-state index is 13.6. The van der Waals surface area contributed by atoms with Crippen molar-refractivity contribution in [2.24, 2.45) is 0 Å². The average Bonchev–Trinajstić information content (AvgIpc) is 2.80. The number of nitrogens with one attached hydrogen (secondary N) is 2. The van der Waals surface area contributed by atoms with Gasteiger partial charge in [-0.3, -0.25) is 0 Å². The molecule has 0 spiro atoms. The quantitative estimate of drug-likeness (QED) is 0.742. The molecule has 90 valence electrons. The van der Waals surface area contributed by atoms with Crippen molar-refractivity contribution in [1.82, 2.24) is 15.0 Å². The number of anilines is 1. The largest absolute Gasteiger partial charge is 0.365 e. The van der Waals surface area contributed by atoms with Crippen LogP contribution >= 0.6 is 0 Å². The number of halogens is 1. The van der Waals surface area contributed by atoms with Crippen molar-refractivity contribution in [3.8, 4) is 0 Å². The van der Waals surface area contributed by atoms with Crippen molar-refractivity contribution in [2.45, 2.75) is 6.54 Å². The standard InChI is InChI=1S/C13H11FN4/c14-10-7-16-13-11(10)12(17-8-18-13)15-6-9-4-2-1-3-5-9/h1-5,7-8H,6H2,(H2,15,16,17,18). The van der Waals surface area contributed by atoms with Crippen molar-refractivity contribution in [1.29, 1.82) is 0 Å². The van der Waals surface area contributed by atoms with E-state index >= 15 is 0 Å². The number of nitrogens with zero attached hydrogens (tertiary/aromatic N) is 2. The van der Waals surface area contributed by atoms with Crippen LogP contribution in [-0.4, -0.2) is 15.0 Å². The Kier molecular flexibility index (Phi) is 2.64. The van der Waals surface area contributed by atoms with Gasteiger partial charge in [-0.25, -0.2) is 14.4 Å². The Morgan fingerprint density at radius 1 is 1.17 bits per heavy atom. The Morgan fingerprint density at radius 2 is 2.00 bits per heavy atom. The third-order valence-corrected chi connectivity index (χ3v) is 2.72. The Bertz CT molecular complexity index is 663.